The number of carboxylic acids is 1. The summed E-state index contributed by atoms with van der Waals surface area (Å²) in [6.45, 7) is 1.51. The van der Waals surface area contributed by atoms with Crippen LogP contribution in [0.5, 0.6) is 0 Å². The topological polar surface area (TPSA) is 92.2 Å². The quantitative estimate of drug-likeness (QED) is 0.880. The summed E-state index contributed by atoms with van der Waals surface area (Å²) in [5.41, 5.74) is -0.484. The number of nitrogens with one attached hydrogen (secondary N) is 1. The molecule has 0 radical (unpaired) electrons. The molecule has 2 rings (SSSR count). The number of rotatable bonds is 3. The van der Waals surface area contributed by atoms with Crippen LogP contribution in [0.1, 0.15) is 11.3 Å². The highest BCUT2D eigenvalue weighted by molar-refractivity contribution is 9.10. The third kappa shape index (κ3) is 2.72. The number of H-pyrrole nitrogens is 1. The molecule has 7 heteroatoms. The van der Waals surface area contributed by atoms with Gasteiger partial charge in [-0.05, 0) is 31.2 Å². The summed E-state index contributed by atoms with van der Waals surface area (Å²) < 4.78 is 1.74. The molecule has 0 aliphatic heterocycles. The average molecular weight is 339 g/mol. The lowest BCUT2D eigenvalue weighted by molar-refractivity contribution is -0.136. The number of hydrogen-bond acceptors (Lipinski definition) is 3. The van der Waals surface area contributed by atoms with Crippen LogP contribution in [0.2, 0.25) is 0 Å². The summed E-state index contributed by atoms with van der Waals surface area (Å²) >= 11 is 3.26. The standard InChI is InChI=1S/C13H11BrN2O4/c1-7-10(6-11(17)18)12(19)16(13(20)15-7)9-4-2-8(14)3-5-9/h2-5H,6H2,1H3,(H,15,20)(H,17,18). The number of aliphatic carboxylic acids is 1. The first-order chi connectivity index (χ1) is 9.40. The number of aromatic nitrogens is 2. The molecular formula is C13H11BrN2O4. The van der Waals surface area contributed by atoms with Crippen LogP contribution in [0, 0.1) is 6.92 Å². The van der Waals surface area contributed by atoms with E-state index < -0.39 is 23.6 Å². The van der Waals surface area contributed by atoms with E-state index in [9.17, 15) is 14.4 Å². The second-order valence-electron chi connectivity index (χ2n) is 4.22. The molecule has 20 heavy (non-hydrogen) atoms. The summed E-state index contributed by atoms with van der Waals surface area (Å²) in [4.78, 5) is 37.5. The fraction of sp³-hybridized carbons (Fsp3) is 0.154. The lowest BCUT2D eigenvalue weighted by Crippen LogP contribution is -2.37. The summed E-state index contributed by atoms with van der Waals surface area (Å²) in [6.07, 6.45) is -0.433. The molecule has 0 aliphatic carbocycles. The highest BCUT2D eigenvalue weighted by Gasteiger charge is 2.15. The van der Waals surface area contributed by atoms with Crippen LogP contribution in [0.4, 0.5) is 0 Å². The number of aryl methyl sites for hydroxylation is 1. The monoisotopic (exact) mass is 338 g/mol. The number of carboxylic acid groups (broad SMARTS) is 1. The lowest BCUT2D eigenvalue weighted by atomic mass is 10.1. The molecule has 2 N–H and O–H groups in total. The molecule has 104 valence electrons. The SMILES string of the molecule is Cc1[nH]c(=O)n(-c2ccc(Br)cc2)c(=O)c1CC(=O)O. The van der Waals surface area contributed by atoms with E-state index in [1.165, 1.54) is 6.92 Å². The molecule has 0 spiro atoms. The van der Waals surface area contributed by atoms with Crippen LogP contribution in [0.3, 0.4) is 0 Å². The van der Waals surface area contributed by atoms with Crippen molar-refractivity contribution in [1.29, 1.82) is 0 Å². The number of carbonyl (C=O) groups is 1. The maximum Gasteiger partial charge on any atom is 0.333 e. The molecule has 0 bridgehead atoms. The molecule has 0 atom stereocenters. The maximum atomic E-state index is 12.3. The highest BCUT2D eigenvalue weighted by atomic mass is 79.9. The Kier molecular flexibility index (Phi) is 3.89. The number of halogens is 1. The zero-order chi connectivity index (χ0) is 14.9. The van der Waals surface area contributed by atoms with Gasteiger partial charge in [0, 0.05) is 15.7 Å². The smallest absolute Gasteiger partial charge is 0.333 e. The summed E-state index contributed by atoms with van der Waals surface area (Å²) in [7, 11) is 0. The Labute approximate surface area is 121 Å². The second kappa shape index (κ2) is 5.46. The Hall–Kier alpha value is -2.15. The first kappa shape index (κ1) is 14.3. The minimum atomic E-state index is -1.13. The fourth-order valence-electron chi connectivity index (χ4n) is 1.86. The van der Waals surface area contributed by atoms with Gasteiger partial charge in [-0.15, -0.1) is 0 Å². The molecule has 2 aromatic rings. The predicted molar refractivity (Wildman–Crippen MR) is 76.4 cm³/mol. The first-order valence-corrected chi connectivity index (χ1v) is 6.52. The fourth-order valence-corrected chi connectivity index (χ4v) is 2.13. The number of nitrogens with zero attached hydrogens (tertiary/aromatic N) is 1. The van der Waals surface area contributed by atoms with Crippen LogP contribution < -0.4 is 11.2 Å². The van der Waals surface area contributed by atoms with Gasteiger partial charge in [0.05, 0.1) is 12.1 Å². The zero-order valence-electron chi connectivity index (χ0n) is 10.5. The van der Waals surface area contributed by atoms with Crippen molar-refractivity contribution in [3.05, 3.63) is 60.8 Å². The second-order valence-corrected chi connectivity index (χ2v) is 5.14. The number of benzene rings is 1. The van der Waals surface area contributed by atoms with Crippen molar-refractivity contribution in [2.24, 2.45) is 0 Å². The Morgan fingerprint density at radius 2 is 1.90 bits per heavy atom. The molecular weight excluding hydrogens is 328 g/mol. The van der Waals surface area contributed by atoms with Gasteiger partial charge in [-0.25, -0.2) is 9.36 Å². The molecule has 1 aromatic carbocycles. The van der Waals surface area contributed by atoms with Gasteiger partial charge in [-0.1, -0.05) is 15.9 Å². The third-order valence-corrected chi connectivity index (χ3v) is 3.35. The molecule has 6 nitrogen and oxygen atoms in total. The molecule has 0 unspecified atom stereocenters. The zero-order valence-corrected chi connectivity index (χ0v) is 12.1. The molecule has 1 aromatic heterocycles. The molecule has 0 saturated heterocycles. The van der Waals surface area contributed by atoms with Crippen molar-refractivity contribution in [2.75, 3.05) is 0 Å². The van der Waals surface area contributed by atoms with Gasteiger partial charge in [0.25, 0.3) is 5.56 Å². The highest BCUT2D eigenvalue weighted by Crippen LogP contribution is 2.12. The Morgan fingerprint density at radius 3 is 2.45 bits per heavy atom. The van der Waals surface area contributed by atoms with Crippen molar-refractivity contribution in [1.82, 2.24) is 9.55 Å². The van der Waals surface area contributed by atoms with Crippen molar-refractivity contribution >= 4 is 21.9 Å². The van der Waals surface area contributed by atoms with Crippen LogP contribution in [0.15, 0.2) is 38.3 Å². The molecule has 0 saturated carbocycles. The molecule has 0 aliphatic rings. The van der Waals surface area contributed by atoms with Gasteiger partial charge in [0.15, 0.2) is 0 Å². The molecule has 0 amide bonds. The van der Waals surface area contributed by atoms with E-state index in [0.29, 0.717) is 5.69 Å². The van der Waals surface area contributed by atoms with Crippen LogP contribution in [-0.2, 0) is 11.2 Å². The third-order valence-electron chi connectivity index (χ3n) is 2.82. The van der Waals surface area contributed by atoms with Gasteiger partial charge in [-0.3, -0.25) is 9.59 Å². The number of aromatic amines is 1. The summed E-state index contributed by atoms with van der Waals surface area (Å²) in [5, 5.41) is 8.84. The van der Waals surface area contributed by atoms with E-state index in [1.54, 1.807) is 24.3 Å². The first-order valence-electron chi connectivity index (χ1n) is 5.72. The normalized spacial score (nSPS) is 10.5. The lowest BCUT2D eigenvalue weighted by Gasteiger charge is -2.09. The molecule has 0 fully saturated rings. The van der Waals surface area contributed by atoms with Crippen molar-refractivity contribution in [3.8, 4) is 5.69 Å². The Bertz CT molecular complexity index is 774. The van der Waals surface area contributed by atoms with E-state index in [1.807, 2.05) is 0 Å². The van der Waals surface area contributed by atoms with Gasteiger partial charge in [-0.2, -0.15) is 0 Å². The average Bonchev–Trinajstić information content (AvgIpc) is 2.36. The van der Waals surface area contributed by atoms with E-state index >= 15 is 0 Å². The van der Waals surface area contributed by atoms with Gasteiger partial charge < -0.3 is 10.1 Å². The largest absolute Gasteiger partial charge is 0.481 e. The minimum absolute atomic E-state index is 0.0695. The van der Waals surface area contributed by atoms with Gasteiger partial charge >= 0.3 is 11.7 Å². The van der Waals surface area contributed by atoms with E-state index in [0.717, 1.165) is 9.04 Å². The van der Waals surface area contributed by atoms with E-state index in [4.69, 9.17) is 5.11 Å². The predicted octanol–water partition coefficient (Wildman–Crippen LogP) is 1.22. The Balaban J connectivity index is 2.70. The minimum Gasteiger partial charge on any atom is -0.481 e. The van der Waals surface area contributed by atoms with Crippen LogP contribution >= 0.6 is 15.9 Å². The van der Waals surface area contributed by atoms with Crippen molar-refractivity contribution < 1.29 is 9.90 Å². The summed E-state index contributed by atoms with van der Waals surface area (Å²) in [6, 6.07) is 6.58. The van der Waals surface area contributed by atoms with Gasteiger partial charge in [0.2, 0.25) is 0 Å². The van der Waals surface area contributed by atoms with Crippen LogP contribution in [0.25, 0.3) is 5.69 Å². The summed E-state index contributed by atoms with van der Waals surface area (Å²) in [5.74, 6) is -1.13. The maximum absolute atomic E-state index is 12.3. The molecule has 1 heterocycles. The van der Waals surface area contributed by atoms with Crippen LogP contribution in [-0.4, -0.2) is 20.6 Å². The number of hydrogen-bond donors (Lipinski definition) is 2. The van der Waals surface area contributed by atoms with E-state index in [2.05, 4.69) is 20.9 Å². The Morgan fingerprint density at radius 1 is 1.30 bits per heavy atom. The van der Waals surface area contributed by atoms with Crippen molar-refractivity contribution in [2.45, 2.75) is 13.3 Å². The van der Waals surface area contributed by atoms with E-state index in [-0.39, 0.29) is 11.3 Å². The van der Waals surface area contributed by atoms with Gasteiger partial charge in [0.1, 0.15) is 0 Å². The van der Waals surface area contributed by atoms with Crippen molar-refractivity contribution in [3.63, 3.8) is 0 Å².